The quantitative estimate of drug-likeness (QED) is 0.596. The second kappa shape index (κ2) is 8.90. The molecule has 1 N–H and O–H groups in total. The fourth-order valence-electron chi connectivity index (χ4n) is 4.01. The maximum absolute atomic E-state index is 13.5. The summed E-state index contributed by atoms with van der Waals surface area (Å²) in [6, 6.07) is 23.4. The van der Waals surface area contributed by atoms with Gasteiger partial charge in [-0.2, -0.15) is 0 Å². The summed E-state index contributed by atoms with van der Waals surface area (Å²) < 4.78 is 34.2. The number of carbonyl (C=O) groups is 1. The van der Waals surface area contributed by atoms with Crippen molar-refractivity contribution < 1.29 is 17.9 Å². The number of aryl methyl sites for hydroxylation is 1. The molecule has 0 spiro atoms. The van der Waals surface area contributed by atoms with E-state index in [2.05, 4.69) is 5.32 Å². The molecule has 0 saturated heterocycles. The van der Waals surface area contributed by atoms with Crippen LogP contribution in [0.15, 0.2) is 83.8 Å². The van der Waals surface area contributed by atoms with Gasteiger partial charge in [0.05, 0.1) is 17.1 Å². The maximum Gasteiger partial charge on any atom is 0.264 e. The van der Waals surface area contributed by atoms with Crippen molar-refractivity contribution >= 4 is 21.6 Å². The molecular formula is C26H28N2O4S. The zero-order chi connectivity index (χ0) is 23.6. The van der Waals surface area contributed by atoms with Crippen molar-refractivity contribution in [2.75, 3.05) is 10.8 Å². The Morgan fingerprint density at radius 3 is 2.33 bits per heavy atom. The lowest BCUT2D eigenvalue weighted by Crippen LogP contribution is -2.55. The number of nitrogens with zero attached hydrogens (tertiary/aromatic N) is 1. The molecule has 1 aliphatic rings. The molecule has 0 aromatic heterocycles. The highest BCUT2D eigenvalue weighted by molar-refractivity contribution is 7.92. The Morgan fingerprint density at radius 2 is 1.67 bits per heavy atom. The van der Waals surface area contributed by atoms with Crippen LogP contribution in [0.5, 0.6) is 5.75 Å². The van der Waals surface area contributed by atoms with E-state index >= 15 is 0 Å². The van der Waals surface area contributed by atoms with E-state index in [1.54, 1.807) is 42.5 Å². The predicted octanol–water partition coefficient (Wildman–Crippen LogP) is 4.09. The van der Waals surface area contributed by atoms with Crippen molar-refractivity contribution in [2.24, 2.45) is 0 Å². The van der Waals surface area contributed by atoms with Gasteiger partial charge in [0.1, 0.15) is 5.75 Å². The first-order valence-electron chi connectivity index (χ1n) is 10.9. The molecule has 7 heteroatoms. The molecule has 0 unspecified atom stereocenters. The number of ether oxygens (including phenoxy) is 1. The fourth-order valence-corrected chi connectivity index (χ4v) is 5.51. The van der Waals surface area contributed by atoms with Gasteiger partial charge in [-0.05, 0) is 62.6 Å². The Bertz CT molecular complexity index is 1240. The van der Waals surface area contributed by atoms with Crippen molar-refractivity contribution in [2.45, 2.75) is 43.7 Å². The highest BCUT2D eigenvalue weighted by atomic mass is 32.2. The van der Waals surface area contributed by atoms with E-state index in [-0.39, 0.29) is 17.3 Å². The SMILES string of the molecule is Cc1ccc2c(c1)O[C@H](C(=O)NC(C)(C)Cc1ccccc1)CN2S(=O)(=O)c1ccccc1. The molecule has 3 aromatic rings. The molecular weight excluding hydrogens is 436 g/mol. The molecule has 4 rings (SSSR count). The first kappa shape index (κ1) is 22.9. The van der Waals surface area contributed by atoms with Gasteiger partial charge < -0.3 is 10.1 Å². The molecule has 0 aliphatic carbocycles. The molecule has 0 fully saturated rings. The third kappa shape index (κ3) is 5.03. The Labute approximate surface area is 195 Å². The van der Waals surface area contributed by atoms with Crippen LogP contribution in [0.4, 0.5) is 5.69 Å². The Kier molecular flexibility index (Phi) is 6.17. The topological polar surface area (TPSA) is 75.7 Å². The molecule has 1 atom stereocenters. The number of amides is 1. The zero-order valence-corrected chi connectivity index (χ0v) is 19.8. The van der Waals surface area contributed by atoms with Crippen LogP contribution in [-0.4, -0.2) is 32.5 Å². The van der Waals surface area contributed by atoms with E-state index in [0.717, 1.165) is 11.1 Å². The zero-order valence-electron chi connectivity index (χ0n) is 19.0. The standard InChI is InChI=1S/C26H28N2O4S/c1-19-14-15-22-23(16-19)32-24(18-28(22)33(30,31)21-12-8-5-9-13-21)25(29)27-26(2,3)17-20-10-6-4-7-11-20/h4-16,24H,17-18H2,1-3H3,(H,27,29)/t24-/m0/s1. The molecule has 3 aromatic carbocycles. The summed E-state index contributed by atoms with van der Waals surface area (Å²) in [5, 5.41) is 3.05. The summed E-state index contributed by atoms with van der Waals surface area (Å²) in [6.45, 7) is 5.67. The van der Waals surface area contributed by atoms with E-state index in [4.69, 9.17) is 4.74 Å². The van der Waals surface area contributed by atoms with Gasteiger partial charge in [0.2, 0.25) is 0 Å². The number of benzene rings is 3. The number of anilines is 1. The molecule has 1 heterocycles. The number of rotatable bonds is 6. The molecule has 0 saturated carbocycles. The number of sulfonamides is 1. The average molecular weight is 465 g/mol. The molecule has 0 radical (unpaired) electrons. The highest BCUT2D eigenvalue weighted by Gasteiger charge is 2.38. The third-order valence-electron chi connectivity index (χ3n) is 5.56. The molecule has 1 amide bonds. The van der Waals surface area contributed by atoms with Gasteiger partial charge in [-0.25, -0.2) is 8.42 Å². The van der Waals surface area contributed by atoms with Crippen molar-refractivity contribution in [1.29, 1.82) is 0 Å². The van der Waals surface area contributed by atoms with Crippen LogP contribution in [0, 0.1) is 6.92 Å². The summed E-state index contributed by atoms with van der Waals surface area (Å²) in [4.78, 5) is 13.4. The van der Waals surface area contributed by atoms with Crippen molar-refractivity contribution in [3.63, 3.8) is 0 Å². The summed E-state index contributed by atoms with van der Waals surface area (Å²) in [6.07, 6.45) is -0.346. The van der Waals surface area contributed by atoms with E-state index in [1.165, 1.54) is 4.31 Å². The van der Waals surface area contributed by atoms with Gasteiger partial charge in [-0.3, -0.25) is 9.10 Å². The lowest BCUT2D eigenvalue weighted by molar-refractivity contribution is -0.129. The van der Waals surface area contributed by atoms with Crippen LogP contribution in [0.25, 0.3) is 0 Å². The largest absolute Gasteiger partial charge is 0.476 e. The molecule has 1 aliphatic heterocycles. The van der Waals surface area contributed by atoms with E-state index in [0.29, 0.717) is 17.9 Å². The number of fused-ring (bicyclic) bond motifs is 1. The van der Waals surface area contributed by atoms with Crippen molar-refractivity contribution in [1.82, 2.24) is 5.32 Å². The molecule has 6 nitrogen and oxygen atoms in total. The normalized spacial score (nSPS) is 16.0. The average Bonchev–Trinajstić information content (AvgIpc) is 2.78. The first-order valence-corrected chi connectivity index (χ1v) is 12.3. The number of carbonyl (C=O) groups excluding carboxylic acids is 1. The van der Waals surface area contributed by atoms with Crippen LogP contribution in [0.3, 0.4) is 0 Å². The Hall–Kier alpha value is -3.32. The monoisotopic (exact) mass is 464 g/mol. The lowest BCUT2D eigenvalue weighted by Gasteiger charge is -2.36. The fraction of sp³-hybridized carbons (Fsp3) is 0.269. The van der Waals surface area contributed by atoms with Crippen LogP contribution < -0.4 is 14.4 Å². The Morgan fingerprint density at radius 1 is 1.03 bits per heavy atom. The van der Waals surface area contributed by atoms with Gasteiger partial charge in [0, 0.05) is 5.54 Å². The summed E-state index contributed by atoms with van der Waals surface area (Å²) in [5.41, 5.74) is 1.90. The number of nitrogens with one attached hydrogen (secondary N) is 1. The van der Waals surface area contributed by atoms with E-state index in [9.17, 15) is 13.2 Å². The minimum absolute atomic E-state index is 0.111. The van der Waals surface area contributed by atoms with Crippen LogP contribution in [0.1, 0.15) is 25.0 Å². The van der Waals surface area contributed by atoms with E-state index < -0.39 is 21.7 Å². The van der Waals surface area contributed by atoms with Crippen LogP contribution >= 0.6 is 0 Å². The highest BCUT2D eigenvalue weighted by Crippen LogP contribution is 2.37. The maximum atomic E-state index is 13.5. The number of hydrogen-bond donors (Lipinski definition) is 1. The van der Waals surface area contributed by atoms with Crippen molar-refractivity contribution in [3.8, 4) is 5.75 Å². The smallest absolute Gasteiger partial charge is 0.264 e. The predicted molar refractivity (Wildman–Crippen MR) is 129 cm³/mol. The first-order chi connectivity index (χ1) is 15.7. The van der Waals surface area contributed by atoms with Crippen molar-refractivity contribution in [3.05, 3.63) is 90.0 Å². The van der Waals surface area contributed by atoms with Crippen LogP contribution in [0.2, 0.25) is 0 Å². The summed E-state index contributed by atoms with van der Waals surface area (Å²) in [5.74, 6) is 0.0260. The van der Waals surface area contributed by atoms with E-state index in [1.807, 2.05) is 57.2 Å². The second-order valence-corrected chi connectivity index (χ2v) is 10.8. The minimum Gasteiger partial charge on any atom is -0.476 e. The van der Waals surface area contributed by atoms with Crippen LogP contribution in [-0.2, 0) is 21.2 Å². The minimum atomic E-state index is -3.87. The van der Waals surface area contributed by atoms with Gasteiger partial charge >= 0.3 is 0 Å². The molecule has 172 valence electrons. The summed E-state index contributed by atoms with van der Waals surface area (Å²) >= 11 is 0. The summed E-state index contributed by atoms with van der Waals surface area (Å²) in [7, 11) is -3.87. The molecule has 33 heavy (non-hydrogen) atoms. The second-order valence-electron chi connectivity index (χ2n) is 8.96. The number of hydrogen-bond acceptors (Lipinski definition) is 4. The third-order valence-corrected chi connectivity index (χ3v) is 7.35. The van der Waals surface area contributed by atoms with Gasteiger partial charge in [0.25, 0.3) is 15.9 Å². The van der Waals surface area contributed by atoms with Gasteiger partial charge in [-0.15, -0.1) is 0 Å². The Balaban J connectivity index is 1.62. The van der Waals surface area contributed by atoms with Gasteiger partial charge in [0.15, 0.2) is 6.10 Å². The molecule has 0 bridgehead atoms. The lowest BCUT2D eigenvalue weighted by atomic mass is 9.94. The van der Waals surface area contributed by atoms with Gasteiger partial charge in [-0.1, -0.05) is 54.6 Å².